The average Bonchev–Trinajstić information content (AvgIpc) is 3.06. The largest absolute Gasteiger partial charge is 0.405 e. The van der Waals surface area contributed by atoms with Crippen LogP contribution in [0.2, 0.25) is 5.04 Å². The normalized spacial score (nSPS) is 25.2. The van der Waals surface area contributed by atoms with Gasteiger partial charge in [0.1, 0.15) is 5.69 Å². The molecule has 1 fully saturated rings. The molecule has 1 saturated heterocycles. The minimum Gasteiger partial charge on any atom is -0.405 e. The van der Waals surface area contributed by atoms with E-state index in [0.717, 1.165) is 15.3 Å². The van der Waals surface area contributed by atoms with E-state index in [2.05, 4.69) is 35.7 Å². The molecule has 212 valence electrons. The van der Waals surface area contributed by atoms with Crippen molar-refractivity contribution in [3.05, 3.63) is 103 Å². The lowest BCUT2D eigenvalue weighted by molar-refractivity contribution is 0.0433. The fourth-order valence-corrected chi connectivity index (χ4v) is 9.91. The van der Waals surface area contributed by atoms with E-state index in [-0.39, 0.29) is 18.9 Å². The summed E-state index contributed by atoms with van der Waals surface area (Å²) in [6.45, 7) is 4.57. The van der Waals surface area contributed by atoms with E-state index in [1.54, 1.807) is 0 Å². The molecular formula is C34H40N4O2Si. The van der Waals surface area contributed by atoms with Gasteiger partial charge in [0.25, 0.3) is 14.2 Å². The van der Waals surface area contributed by atoms with Gasteiger partial charge in [-0.3, -0.25) is 4.79 Å². The van der Waals surface area contributed by atoms with Crippen molar-refractivity contribution >= 4 is 24.6 Å². The number of likely N-dealkylation sites (tertiary alicyclic amines) is 1. The number of carbonyl (C=O) groups is 1. The molecule has 1 aliphatic rings. The lowest BCUT2D eigenvalue weighted by Gasteiger charge is -2.46. The maximum atomic E-state index is 14.8. The summed E-state index contributed by atoms with van der Waals surface area (Å²) in [6.07, 6.45) is -2.29. The SMILES string of the molecule is [2H]c1nc(-c2c(C(=O)N3C[C@@H](C)CC([2H])[C@@]3([2H])CO[Si](c3ccccc3)(c3ccccc3)C(C)(C)C)nc(C([2H])([2H])[2H])c([2H])c2[2H])nc([2H])c1[2H]. The molecule has 1 unspecified atom stereocenters. The Morgan fingerprint density at radius 3 is 2.32 bits per heavy atom. The third kappa shape index (κ3) is 5.88. The Kier molecular flexibility index (Phi) is 5.49. The lowest BCUT2D eigenvalue weighted by atomic mass is 9.94. The zero-order valence-electron chi connectivity index (χ0n) is 33.7. The Bertz CT molecular complexity index is 1870. The molecule has 0 N–H and O–H groups in total. The van der Waals surface area contributed by atoms with E-state index in [1.807, 2.05) is 67.6 Å². The summed E-state index contributed by atoms with van der Waals surface area (Å²) in [4.78, 5) is 27.9. The minimum absolute atomic E-state index is 0.0398. The number of piperidine rings is 1. The van der Waals surface area contributed by atoms with Crippen molar-refractivity contribution in [1.82, 2.24) is 19.9 Å². The second-order valence-corrected chi connectivity index (χ2v) is 15.5. The third-order valence-electron chi connectivity index (χ3n) is 7.32. The van der Waals surface area contributed by atoms with Gasteiger partial charge in [0.15, 0.2) is 5.82 Å². The number of pyridine rings is 1. The monoisotopic (exact) mass is 574 g/mol. The van der Waals surface area contributed by atoms with Crippen molar-refractivity contribution in [2.75, 3.05) is 13.2 Å². The van der Waals surface area contributed by atoms with E-state index in [4.69, 9.17) is 15.4 Å². The molecule has 1 aliphatic heterocycles. The molecule has 0 radical (unpaired) electrons. The Morgan fingerprint density at radius 1 is 1.10 bits per heavy atom. The van der Waals surface area contributed by atoms with Crippen molar-refractivity contribution in [1.29, 1.82) is 0 Å². The molecule has 2 aromatic heterocycles. The smallest absolute Gasteiger partial charge is 0.273 e. The predicted molar refractivity (Wildman–Crippen MR) is 167 cm³/mol. The van der Waals surface area contributed by atoms with Crippen molar-refractivity contribution in [3.63, 3.8) is 0 Å². The summed E-state index contributed by atoms with van der Waals surface area (Å²) >= 11 is 0. The highest BCUT2D eigenvalue weighted by atomic mass is 28.4. The topological polar surface area (TPSA) is 68.2 Å². The second kappa shape index (κ2) is 12.0. The maximum Gasteiger partial charge on any atom is 0.273 e. The molecule has 0 aliphatic carbocycles. The molecule has 1 amide bonds. The van der Waals surface area contributed by atoms with Crippen LogP contribution in [0, 0.1) is 12.8 Å². The fourth-order valence-electron chi connectivity index (χ4n) is 5.39. The Balaban J connectivity index is 1.71. The number of benzene rings is 2. The molecule has 4 aromatic rings. The Morgan fingerprint density at radius 2 is 1.73 bits per heavy atom. The molecule has 6 nitrogen and oxygen atoms in total. The molecule has 0 spiro atoms. The number of nitrogens with zero attached hydrogens (tertiary/aromatic N) is 4. The predicted octanol–water partition coefficient (Wildman–Crippen LogP) is 5.66. The van der Waals surface area contributed by atoms with E-state index in [0.29, 0.717) is 0 Å². The molecular weight excluding hydrogens is 524 g/mol. The van der Waals surface area contributed by atoms with Gasteiger partial charge in [-0.2, -0.15) is 0 Å². The number of hydrogen-bond acceptors (Lipinski definition) is 5. The van der Waals surface area contributed by atoms with Crippen LogP contribution in [0.15, 0.2) is 91.1 Å². The van der Waals surface area contributed by atoms with Crippen LogP contribution in [0.4, 0.5) is 0 Å². The summed E-state index contributed by atoms with van der Waals surface area (Å²) in [5.41, 5.74) is -2.00. The third-order valence-corrected chi connectivity index (χ3v) is 12.3. The summed E-state index contributed by atoms with van der Waals surface area (Å²) in [6, 6.07) is 15.2. The molecule has 3 atom stereocenters. The minimum atomic E-state index is -3.27. The van der Waals surface area contributed by atoms with Gasteiger partial charge >= 0.3 is 0 Å². The second-order valence-electron chi connectivity index (χ2n) is 11.2. The zero-order valence-corrected chi connectivity index (χ0v) is 24.7. The van der Waals surface area contributed by atoms with Crippen molar-refractivity contribution in [2.45, 2.75) is 58.4 Å². The highest BCUT2D eigenvalue weighted by Gasteiger charge is 2.51. The van der Waals surface area contributed by atoms with Crippen molar-refractivity contribution in [3.8, 4) is 11.4 Å². The first-order valence-corrected chi connectivity index (χ1v) is 15.5. The van der Waals surface area contributed by atoms with Gasteiger partial charge in [0, 0.05) is 30.1 Å². The van der Waals surface area contributed by atoms with Gasteiger partial charge in [-0.05, 0) is 59.1 Å². The van der Waals surface area contributed by atoms with Crippen molar-refractivity contribution < 1.29 is 22.9 Å². The molecule has 0 bridgehead atoms. The van der Waals surface area contributed by atoms with Gasteiger partial charge < -0.3 is 9.33 Å². The van der Waals surface area contributed by atoms with Gasteiger partial charge in [0.2, 0.25) is 0 Å². The summed E-state index contributed by atoms with van der Waals surface area (Å²) in [5.74, 6) is -1.80. The van der Waals surface area contributed by atoms with Crippen LogP contribution in [0.1, 0.15) is 70.4 Å². The standard InChI is InChI=1S/C34H40N4O2Si/c1-25-17-19-27(38(23-25)33(39)31-30(20-18-26(2)37-31)32-35-21-12-22-36-32)24-40-41(34(3,4)5,28-13-8-6-9-14-28)29-15-10-7-11-16-29/h6-16,18,20-22,25,27H,17,19,23-24H2,1-5H3/t25-,27-/m0/s1/i2D3,12D,18D,19D,20D,21D,22D,27D/t19?,25-,27-. The van der Waals surface area contributed by atoms with Crippen LogP contribution >= 0.6 is 0 Å². The first kappa shape index (κ1) is 18.7. The quantitative estimate of drug-likeness (QED) is 0.266. The summed E-state index contributed by atoms with van der Waals surface area (Å²) in [5, 5.41) is 1.37. The summed E-state index contributed by atoms with van der Waals surface area (Å²) < 4.78 is 91.5. The Labute approximate surface area is 259 Å². The Hall–Kier alpha value is -3.68. The van der Waals surface area contributed by atoms with Crippen LogP contribution in [-0.4, -0.2) is 53.2 Å². The molecule has 7 heteroatoms. The maximum absolute atomic E-state index is 14.8. The van der Waals surface area contributed by atoms with Crippen LogP contribution in [-0.2, 0) is 4.43 Å². The van der Waals surface area contributed by atoms with Crippen LogP contribution < -0.4 is 10.4 Å². The van der Waals surface area contributed by atoms with E-state index >= 15 is 0 Å². The zero-order chi connectivity index (χ0) is 37.7. The van der Waals surface area contributed by atoms with Crippen LogP contribution in [0.3, 0.4) is 0 Å². The highest BCUT2D eigenvalue weighted by molar-refractivity contribution is 6.99. The van der Waals surface area contributed by atoms with E-state index < -0.39 is 98.4 Å². The number of carbonyl (C=O) groups excluding carboxylic acids is 1. The van der Waals surface area contributed by atoms with Gasteiger partial charge in [0.05, 0.1) is 26.4 Å². The number of aromatic nitrogens is 3. The number of aryl methyl sites for hydroxylation is 1. The number of hydrogen-bond donors (Lipinski definition) is 0. The summed E-state index contributed by atoms with van der Waals surface area (Å²) in [7, 11) is -3.27. The molecule has 41 heavy (non-hydrogen) atoms. The first-order valence-electron chi connectivity index (χ1n) is 18.6. The molecule has 3 heterocycles. The molecule has 0 saturated carbocycles. The number of amides is 1. The van der Waals surface area contributed by atoms with Crippen LogP contribution in [0.25, 0.3) is 11.4 Å². The average molecular weight is 575 g/mol. The lowest BCUT2D eigenvalue weighted by Crippen LogP contribution is -2.67. The molecule has 2 aromatic carbocycles. The van der Waals surface area contributed by atoms with Crippen molar-refractivity contribution in [2.24, 2.45) is 5.92 Å². The van der Waals surface area contributed by atoms with Gasteiger partial charge in [-0.15, -0.1) is 0 Å². The fraction of sp³-hybridized carbons (Fsp3) is 0.353. The first-order chi connectivity index (χ1) is 23.7. The molecule has 5 rings (SSSR count). The van der Waals surface area contributed by atoms with E-state index in [1.165, 1.54) is 0 Å². The van der Waals surface area contributed by atoms with E-state index in [9.17, 15) is 7.54 Å². The number of rotatable bonds is 7. The van der Waals surface area contributed by atoms with Crippen LogP contribution in [0.5, 0.6) is 0 Å². The van der Waals surface area contributed by atoms with Gasteiger partial charge in [-0.1, -0.05) is 88.4 Å². The van der Waals surface area contributed by atoms with Gasteiger partial charge in [-0.25, -0.2) is 15.0 Å². The highest BCUT2D eigenvalue weighted by Crippen LogP contribution is 2.37.